The molecule has 0 bridgehead atoms. The Bertz CT molecular complexity index is 835. The fourth-order valence-corrected chi connectivity index (χ4v) is 7.44. The minimum absolute atomic E-state index is 0.210. The van der Waals surface area contributed by atoms with E-state index >= 15 is 0 Å². The maximum atomic E-state index is 12.9. The predicted molar refractivity (Wildman–Crippen MR) is 97.4 cm³/mol. The zero-order valence-corrected chi connectivity index (χ0v) is 16.4. The maximum Gasteiger partial charge on any atom is 0.243 e. The smallest absolute Gasteiger partial charge is 0.212 e. The maximum absolute atomic E-state index is 12.9. The summed E-state index contributed by atoms with van der Waals surface area (Å²) in [6.45, 7) is 4.62. The molecule has 140 valence electrons. The zero-order valence-electron chi connectivity index (χ0n) is 14.8. The van der Waals surface area contributed by atoms with Crippen molar-refractivity contribution in [1.29, 1.82) is 0 Å². The van der Waals surface area contributed by atoms with Gasteiger partial charge in [0.25, 0.3) is 0 Å². The van der Waals surface area contributed by atoms with Gasteiger partial charge >= 0.3 is 0 Å². The molecular weight excluding hydrogens is 360 g/mol. The van der Waals surface area contributed by atoms with E-state index in [9.17, 15) is 16.8 Å². The van der Waals surface area contributed by atoms with Crippen molar-refractivity contribution in [1.82, 2.24) is 8.61 Å². The lowest BCUT2D eigenvalue weighted by Gasteiger charge is -2.34. The lowest BCUT2D eigenvalue weighted by Crippen LogP contribution is -2.52. The molecule has 1 heterocycles. The first kappa shape index (κ1) is 18.8. The first-order valence-corrected chi connectivity index (χ1v) is 11.7. The molecule has 2 fully saturated rings. The van der Waals surface area contributed by atoms with Crippen LogP contribution in [0.3, 0.4) is 0 Å². The van der Waals surface area contributed by atoms with E-state index in [4.69, 9.17) is 0 Å². The summed E-state index contributed by atoms with van der Waals surface area (Å²) in [6, 6.07) is 5.29. The molecule has 1 saturated heterocycles. The largest absolute Gasteiger partial charge is 0.243 e. The average molecular weight is 387 g/mol. The van der Waals surface area contributed by atoms with Gasteiger partial charge in [-0.25, -0.2) is 16.8 Å². The quantitative estimate of drug-likeness (QED) is 0.792. The van der Waals surface area contributed by atoms with E-state index in [-0.39, 0.29) is 31.4 Å². The van der Waals surface area contributed by atoms with Gasteiger partial charge in [0, 0.05) is 26.2 Å². The Morgan fingerprint density at radius 2 is 1.44 bits per heavy atom. The minimum atomic E-state index is -3.59. The highest BCUT2D eigenvalue weighted by atomic mass is 32.2. The molecule has 25 heavy (non-hydrogen) atoms. The Labute approximate surface area is 150 Å². The van der Waals surface area contributed by atoms with Crippen LogP contribution < -0.4 is 0 Å². The molecule has 1 aliphatic carbocycles. The molecule has 1 aliphatic heterocycles. The van der Waals surface area contributed by atoms with Crippen LogP contribution in [0, 0.1) is 13.8 Å². The van der Waals surface area contributed by atoms with Crippen molar-refractivity contribution >= 4 is 20.0 Å². The van der Waals surface area contributed by atoms with Crippen LogP contribution in [0.1, 0.15) is 36.8 Å². The van der Waals surface area contributed by atoms with Gasteiger partial charge in [-0.05, 0) is 38.3 Å². The molecule has 0 unspecified atom stereocenters. The van der Waals surface area contributed by atoms with Gasteiger partial charge in [0.15, 0.2) is 0 Å². The summed E-state index contributed by atoms with van der Waals surface area (Å²) in [5.41, 5.74) is 1.74. The summed E-state index contributed by atoms with van der Waals surface area (Å²) < 4.78 is 54.0. The fraction of sp³-hybridized carbons (Fsp3) is 0.647. The molecule has 1 aromatic rings. The lowest BCUT2D eigenvalue weighted by atomic mass is 10.2. The van der Waals surface area contributed by atoms with E-state index in [0.29, 0.717) is 4.90 Å². The van der Waals surface area contributed by atoms with Crippen LogP contribution in [0.5, 0.6) is 0 Å². The Hall–Kier alpha value is -0.960. The summed E-state index contributed by atoms with van der Waals surface area (Å²) in [7, 11) is -6.88. The Morgan fingerprint density at radius 1 is 0.880 bits per heavy atom. The summed E-state index contributed by atoms with van der Waals surface area (Å²) in [4.78, 5) is 0.310. The van der Waals surface area contributed by atoms with Crippen molar-refractivity contribution in [3.05, 3.63) is 29.3 Å². The van der Waals surface area contributed by atoms with Crippen LogP contribution in [-0.4, -0.2) is 56.9 Å². The van der Waals surface area contributed by atoms with E-state index in [1.165, 1.54) is 8.61 Å². The number of sulfonamides is 2. The molecule has 3 rings (SSSR count). The fourth-order valence-electron chi connectivity index (χ4n) is 3.79. The van der Waals surface area contributed by atoms with Gasteiger partial charge < -0.3 is 0 Å². The van der Waals surface area contributed by atoms with Gasteiger partial charge in [0.2, 0.25) is 20.0 Å². The molecule has 8 heteroatoms. The third-order valence-electron chi connectivity index (χ3n) is 5.23. The van der Waals surface area contributed by atoms with Crippen molar-refractivity contribution in [2.75, 3.05) is 26.2 Å². The first-order valence-electron chi connectivity index (χ1n) is 8.79. The van der Waals surface area contributed by atoms with Crippen molar-refractivity contribution in [2.45, 2.75) is 49.7 Å². The number of rotatable bonds is 4. The van der Waals surface area contributed by atoms with E-state index in [2.05, 4.69) is 0 Å². The molecule has 6 nitrogen and oxygen atoms in total. The number of hydrogen-bond acceptors (Lipinski definition) is 4. The summed E-state index contributed by atoms with van der Waals surface area (Å²) in [5, 5.41) is -0.282. The normalized spacial score (nSPS) is 21.7. The molecule has 0 atom stereocenters. The highest BCUT2D eigenvalue weighted by Crippen LogP contribution is 2.29. The molecule has 0 N–H and O–H groups in total. The standard InChI is InChI=1S/C17H26N2O4S2/c1-14-7-8-17(15(2)13-14)25(22,23)19-11-9-18(10-12-19)24(20,21)16-5-3-4-6-16/h7-8,13,16H,3-6,9-12H2,1-2H3. The van der Waals surface area contributed by atoms with Crippen molar-refractivity contribution < 1.29 is 16.8 Å². The van der Waals surface area contributed by atoms with Gasteiger partial charge in [-0.3, -0.25) is 0 Å². The lowest BCUT2D eigenvalue weighted by molar-refractivity contribution is 0.270. The molecule has 2 aliphatic rings. The van der Waals surface area contributed by atoms with E-state index in [1.54, 1.807) is 19.1 Å². The van der Waals surface area contributed by atoms with Gasteiger partial charge in [-0.1, -0.05) is 30.5 Å². The SMILES string of the molecule is Cc1ccc(S(=O)(=O)N2CCN(S(=O)(=O)C3CCCC3)CC2)c(C)c1. The van der Waals surface area contributed by atoms with Crippen molar-refractivity contribution in [3.63, 3.8) is 0 Å². The van der Waals surface area contributed by atoms with E-state index in [0.717, 1.165) is 36.8 Å². The number of hydrogen-bond donors (Lipinski definition) is 0. The topological polar surface area (TPSA) is 74.8 Å². The summed E-state index contributed by atoms with van der Waals surface area (Å²) in [5.74, 6) is 0. The van der Waals surface area contributed by atoms with Crippen LogP contribution in [0.2, 0.25) is 0 Å². The van der Waals surface area contributed by atoms with E-state index in [1.807, 2.05) is 13.0 Å². The average Bonchev–Trinajstić information content (AvgIpc) is 3.10. The second kappa shape index (κ2) is 6.98. The molecule has 0 spiro atoms. The van der Waals surface area contributed by atoms with Gasteiger partial charge in [0.05, 0.1) is 10.1 Å². The van der Waals surface area contributed by atoms with Crippen LogP contribution in [-0.2, 0) is 20.0 Å². The van der Waals surface area contributed by atoms with Gasteiger partial charge in [0.1, 0.15) is 0 Å². The predicted octanol–water partition coefficient (Wildman–Crippen LogP) is 1.88. The number of aryl methyl sites for hydroxylation is 2. The van der Waals surface area contributed by atoms with Crippen LogP contribution >= 0.6 is 0 Å². The van der Waals surface area contributed by atoms with Gasteiger partial charge in [-0.15, -0.1) is 0 Å². The van der Waals surface area contributed by atoms with Crippen LogP contribution in [0.4, 0.5) is 0 Å². The van der Waals surface area contributed by atoms with E-state index < -0.39 is 20.0 Å². The second-order valence-electron chi connectivity index (χ2n) is 7.02. The third kappa shape index (κ3) is 3.63. The molecule has 1 saturated carbocycles. The van der Waals surface area contributed by atoms with Crippen LogP contribution in [0.25, 0.3) is 0 Å². The Kier molecular flexibility index (Phi) is 5.26. The Balaban J connectivity index is 1.73. The van der Waals surface area contributed by atoms with Crippen molar-refractivity contribution in [3.8, 4) is 0 Å². The third-order valence-corrected chi connectivity index (χ3v) is 9.69. The number of nitrogens with zero attached hydrogens (tertiary/aromatic N) is 2. The molecule has 1 aromatic carbocycles. The molecule has 0 aromatic heterocycles. The number of piperazine rings is 1. The molecule has 0 radical (unpaired) electrons. The van der Waals surface area contributed by atoms with Gasteiger partial charge in [-0.2, -0.15) is 8.61 Å². The first-order chi connectivity index (χ1) is 11.7. The molecule has 0 amide bonds. The monoisotopic (exact) mass is 386 g/mol. The highest BCUT2D eigenvalue weighted by Gasteiger charge is 2.38. The van der Waals surface area contributed by atoms with Crippen LogP contribution in [0.15, 0.2) is 23.1 Å². The van der Waals surface area contributed by atoms with Crippen molar-refractivity contribution in [2.24, 2.45) is 0 Å². The Morgan fingerprint density at radius 3 is 2.00 bits per heavy atom. The minimum Gasteiger partial charge on any atom is -0.212 e. The summed E-state index contributed by atoms with van der Waals surface area (Å²) in [6.07, 6.45) is 3.38. The molecular formula is C17H26N2O4S2. The summed E-state index contributed by atoms with van der Waals surface area (Å²) >= 11 is 0. The zero-order chi connectivity index (χ0) is 18.2. The highest BCUT2D eigenvalue weighted by molar-refractivity contribution is 7.90. The second-order valence-corrected chi connectivity index (χ2v) is 11.1. The number of benzene rings is 1.